The van der Waals surface area contributed by atoms with Crippen molar-refractivity contribution in [1.82, 2.24) is 39.2 Å². The van der Waals surface area contributed by atoms with Gasteiger partial charge < -0.3 is 29.6 Å². The van der Waals surface area contributed by atoms with Crippen LogP contribution >= 0.6 is 0 Å². The van der Waals surface area contributed by atoms with Crippen LogP contribution in [0.4, 0.5) is 20.3 Å². The Morgan fingerprint density at radius 1 is 0.929 bits per heavy atom. The maximum atomic E-state index is 17.1. The fourth-order valence-corrected chi connectivity index (χ4v) is 11.5. The van der Waals surface area contributed by atoms with Crippen LogP contribution in [-0.2, 0) is 16.6 Å². The van der Waals surface area contributed by atoms with Gasteiger partial charge >= 0.3 is 11.7 Å². The maximum absolute atomic E-state index is 17.1. The van der Waals surface area contributed by atoms with Gasteiger partial charge in [0.25, 0.3) is 0 Å². The molecule has 5 fully saturated rings. The van der Waals surface area contributed by atoms with Gasteiger partial charge in [-0.3, -0.25) is 33.9 Å². The van der Waals surface area contributed by atoms with E-state index in [4.69, 9.17) is 16.1 Å². The molecule has 1 unspecified atom stereocenters. The molecule has 16 nitrogen and oxygen atoms in total. The van der Waals surface area contributed by atoms with Gasteiger partial charge in [-0.1, -0.05) is 12.0 Å². The number of terminal acetylenes is 1. The van der Waals surface area contributed by atoms with Gasteiger partial charge in [-0.2, -0.15) is 9.97 Å². The minimum Gasteiger partial charge on any atom is -0.508 e. The van der Waals surface area contributed by atoms with Crippen molar-refractivity contribution in [1.29, 1.82) is 0 Å². The summed E-state index contributed by atoms with van der Waals surface area (Å²) in [6.45, 7) is 9.30. The summed E-state index contributed by atoms with van der Waals surface area (Å²) in [6, 6.07) is 11.2. The van der Waals surface area contributed by atoms with Crippen LogP contribution in [0.3, 0.4) is 0 Å². The lowest BCUT2D eigenvalue weighted by atomic mass is 9.94. The number of pyridine rings is 1. The minimum absolute atomic E-state index is 0.0126. The number of halogens is 2. The zero-order valence-electron chi connectivity index (χ0n) is 39.4. The molecule has 3 N–H and O–H groups in total. The topological polar surface area (TPSA) is 174 Å². The first kappa shape index (κ1) is 45.7. The Kier molecular flexibility index (Phi) is 11.5. The number of carbonyl (C=O) groups excluding carboxylic acids is 2. The Hall–Kier alpha value is -6.68. The fraction of sp³-hybridized carbons (Fsp3) is 0.462. The molecule has 5 aliphatic rings. The zero-order chi connectivity index (χ0) is 48.6. The number of aromatic hydroxyl groups is 1. The van der Waals surface area contributed by atoms with Crippen molar-refractivity contribution in [3.05, 3.63) is 76.3 Å². The maximum Gasteiger partial charge on any atom is 0.329 e. The molecule has 7 heterocycles. The number of aromatic nitrogens is 5. The quantitative estimate of drug-likeness (QED) is 0.120. The number of piperidine rings is 3. The number of aryl methyl sites for hydroxylation is 1. The summed E-state index contributed by atoms with van der Waals surface area (Å²) in [4.78, 5) is 61.2. The fourth-order valence-electron chi connectivity index (χ4n) is 11.5. The number of fused-ring (bicyclic) bond motifs is 3. The van der Waals surface area contributed by atoms with Crippen LogP contribution in [0, 0.1) is 29.4 Å². The number of β-amino-alcohol motifs (C(OH)–C–C–N with tert-alkyl or cyclic N) is 1. The van der Waals surface area contributed by atoms with Crippen molar-refractivity contribution < 1.29 is 33.3 Å². The third-order valence-electron chi connectivity index (χ3n) is 15.4. The summed E-state index contributed by atoms with van der Waals surface area (Å²) < 4.78 is 41.7. The third kappa shape index (κ3) is 8.36. The molecule has 6 aromatic rings. The zero-order valence-corrected chi connectivity index (χ0v) is 39.4. The monoisotopic (exact) mass is 954 g/mol. The number of phenols is 1. The summed E-state index contributed by atoms with van der Waals surface area (Å²) >= 11 is 0. The summed E-state index contributed by atoms with van der Waals surface area (Å²) in [6.07, 6.45) is 13.1. The molecule has 4 aliphatic heterocycles. The molecule has 1 aliphatic carbocycles. The first-order valence-corrected chi connectivity index (χ1v) is 24.3. The van der Waals surface area contributed by atoms with E-state index in [1.54, 1.807) is 18.5 Å². The first-order valence-electron chi connectivity index (χ1n) is 24.3. The SMILES string of the molecule is C#Cc1c(F)ccc2cc(O)cc(-c3ncc4c(N5CCC[C@@](C)(O)C5)nc(OCC5(CN6CCC(N7CCN(c8ccc9c(c8)n(C)c(=O)n9C8CCC(=O)NC8=O)CC7)CC6)CC5)nc4c3F)c12. The molecule has 3 aromatic heterocycles. The highest BCUT2D eigenvalue weighted by Gasteiger charge is 2.46. The van der Waals surface area contributed by atoms with E-state index in [1.165, 1.54) is 35.0 Å². The Morgan fingerprint density at radius 3 is 2.44 bits per heavy atom. The number of carbonyl (C=O) groups is 2. The van der Waals surface area contributed by atoms with Crippen LogP contribution in [0.25, 0.3) is 44.0 Å². The summed E-state index contributed by atoms with van der Waals surface area (Å²) in [5, 5.41) is 25.1. The number of likely N-dealkylation sites (tertiary alicyclic amines) is 1. The average Bonchev–Trinajstić information content (AvgIpc) is 4.07. The number of aliphatic hydroxyl groups is 1. The second kappa shape index (κ2) is 17.6. The highest BCUT2D eigenvalue weighted by atomic mass is 19.1. The number of nitrogens with zero attached hydrogens (tertiary/aromatic N) is 9. The number of nitrogens with one attached hydrogen (secondary N) is 1. The van der Waals surface area contributed by atoms with E-state index in [9.17, 15) is 24.6 Å². The number of rotatable bonds is 10. The second-order valence-corrected chi connectivity index (χ2v) is 20.4. The summed E-state index contributed by atoms with van der Waals surface area (Å²) in [7, 11) is 1.72. The van der Waals surface area contributed by atoms with Crippen LogP contribution in [0.5, 0.6) is 11.8 Å². The number of hydrogen-bond acceptors (Lipinski definition) is 13. The molecule has 4 saturated heterocycles. The summed E-state index contributed by atoms with van der Waals surface area (Å²) in [5.41, 5.74) is 0.946. The number of amides is 2. The molecule has 2 amide bonds. The van der Waals surface area contributed by atoms with Crippen molar-refractivity contribution in [2.45, 2.75) is 76.0 Å². The Bertz CT molecular complexity index is 3200. The number of piperazine rings is 1. The van der Waals surface area contributed by atoms with E-state index in [2.05, 4.69) is 35.9 Å². The Balaban J connectivity index is 0.757. The molecule has 0 radical (unpaired) electrons. The average molecular weight is 955 g/mol. The molecule has 11 rings (SSSR count). The Morgan fingerprint density at radius 2 is 1.71 bits per heavy atom. The van der Waals surface area contributed by atoms with Gasteiger partial charge in [0.1, 0.15) is 34.6 Å². The molecule has 0 bridgehead atoms. The molecular formula is C52H56F2N10O6. The minimum atomic E-state index is -0.991. The highest BCUT2D eigenvalue weighted by Crippen LogP contribution is 2.47. The molecule has 364 valence electrons. The van der Waals surface area contributed by atoms with Crippen molar-refractivity contribution in [2.24, 2.45) is 12.5 Å². The number of benzene rings is 3. The van der Waals surface area contributed by atoms with Gasteiger partial charge in [0.05, 0.1) is 34.2 Å². The van der Waals surface area contributed by atoms with E-state index >= 15 is 8.78 Å². The van der Waals surface area contributed by atoms with Crippen LogP contribution in [0.1, 0.15) is 69.9 Å². The van der Waals surface area contributed by atoms with Crippen molar-refractivity contribution in [2.75, 3.05) is 75.3 Å². The molecule has 70 heavy (non-hydrogen) atoms. The smallest absolute Gasteiger partial charge is 0.329 e. The normalized spacial score (nSPS) is 22.5. The predicted octanol–water partition coefficient (Wildman–Crippen LogP) is 5.24. The van der Waals surface area contributed by atoms with Gasteiger partial charge in [0.2, 0.25) is 11.8 Å². The van der Waals surface area contributed by atoms with Gasteiger partial charge in [-0.05, 0) is 107 Å². The predicted molar refractivity (Wildman–Crippen MR) is 261 cm³/mol. The molecule has 2 atom stereocenters. The van der Waals surface area contributed by atoms with Crippen LogP contribution in [0.15, 0.2) is 53.5 Å². The number of imidazole rings is 1. The lowest BCUT2D eigenvalue weighted by molar-refractivity contribution is -0.135. The molecule has 1 saturated carbocycles. The summed E-state index contributed by atoms with van der Waals surface area (Å²) in [5.74, 6) is 0.416. The van der Waals surface area contributed by atoms with E-state index in [1.807, 2.05) is 23.1 Å². The van der Waals surface area contributed by atoms with Crippen LogP contribution in [-0.4, -0.2) is 133 Å². The second-order valence-electron chi connectivity index (χ2n) is 20.4. The van der Waals surface area contributed by atoms with E-state index in [-0.39, 0.29) is 69.5 Å². The van der Waals surface area contributed by atoms with Crippen molar-refractivity contribution >= 4 is 56.0 Å². The van der Waals surface area contributed by atoms with E-state index < -0.39 is 29.2 Å². The van der Waals surface area contributed by atoms with Crippen molar-refractivity contribution in [3.63, 3.8) is 0 Å². The van der Waals surface area contributed by atoms with Crippen LogP contribution < -0.4 is 25.5 Å². The lowest BCUT2D eigenvalue weighted by Gasteiger charge is -2.44. The lowest BCUT2D eigenvalue weighted by Crippen LogP contribution is -2.53. The number of hydrogen-bond donors (Lipinski definition) is 3. The van der Waals surface area contributed by atoms with E-state index in [0.29, 0.717) is 60.6 Å². The Labute approximate surface area is 402 Å². The van der Waals surface area contributed by atoms with Crippen LogP contribution in [0.2, 0.25) is 0 Å². The molecule has 0 spiro atoms. The van der Waals surface area contributed by atoms with Gasteiger partial charge in [-0.15, -0.1) is 6.42 Å². The van der Waals surface area contributed by atoms with Gasteiger partial charge in [-0.25, -0.2) is 13.6 Å². The van der Waals surface area contributed by atoms with E-state index in [0.717, 1.165) is 82.7 Å². The number of phenolic OH excluding ortho intramolecular Hbond substituents is 1. The number of anilines is 2. The first-order chi connectivity index (χ1) is 33.7. The number of ether oxygens (including phenoxy) is 1. The highest BCUT2D eigenvalue weighted by molar-refractivity contribution is 6.03. The van der Waals surface area contributed by atoms with Gasteiger partial charge in [0.15, 0.2) is 5.82 Å². The third-order valence-corrected chi connectivity index (χ3v) is 15.4. The standard InChI is InChI=1S/C52H56F2N10O6/c1-4-35-38(53)8-6-31-24-34(65)26-36(43(31)35)45-44(54)46-37(27-55-45)47(63-17-5-14-51(2,69)28-63)58-49(57-46)70-30-52(15-16-52)29-60-18-12-32(13-19-60)61-20-22-62(23-21-61)33-7-9-39-41(25-33)59(3)50(68)64(39)40-10-11-42(66)56-48(40)67/h1,6-9,24-27,32,40,65,69H,5,10-23,28-30H2,2-3H3,(H,56,66,67)/t40?,51-/m1/s1. The molecule has 3 aromatic carbocycles. The van der Waals surface area contributed by atoms with Gasteiger partial charge in [0, 0.05) is 93.6 Å². The molecular weight excluding hydrogens is 899 g/mol. The number of imide groups is 1. The van der Waals surface area contributed by atoms with Crippen molar-refractivity contribution in [3.8, 4) is 35.4 Å². The molecule has 18 heteroatoms. The largest absolute Gasteiger partial charge is 0.508 e.